The molecule has 1 saturated carbocycles. The molecular weight excluding hydrogens is 531 g/mol. The van der Waals surface area contributed by atoms with E-state index >= 15 is 4.39 Å². The highest BCUT2D eigenvalue weighted by molar-refractivity contribution is 7.92. The third-order valence-corrected chi connectivity index (χ3v) is 8.05. The van der Waals surface area contributed by atoms with Crippen LogP contribution in [0.1, 0.15) is 58.6 Å². The fraction of sp³-hybridized carbons (Fsp3) is 0.370. The third-order valence-electron chi connectivity index (χ3n) is 6.18. The van der Waals surface area contributed by atoms with Gasteiger partial charge in [-0.1, -0.05) is 30.7 Å². The number of halogens is 2. The number of hydrogen-bond acceptors (Lipinski definition) is 6. The van der Waals surface area contributed by atoms with Crippen LogP contribution in [-0.2, 0) is 14.8 Å². The predicted octanol–water partition coefficient (Wildman–Crippen LogP) is 6.86. The van der Waals surface area contributed by atoms with Crippen molar-refractivity contribution in [3.05, 3.63) is 53.1 Å². The van der Waals surface area contributed by atoms with E-state index in [0.717, 1.165) is 29.3 Å². The SMILES string of the molecule is CCCS(=O)(=O)Nc1ccc(F)c(-c2ccc3c(cnc4c3c(C3CC3)nn4C(=O)OC(C)(C)C)c2)c1Cl. The molecule has 0 aliphatic heterocycles. The molecule has 0 bridgehead atoms. The van der Waals surface area contributed by atoms with E-state index in [-0.39, 0.29) is 27.9 Å². The Kier molecular flexibility index (Phi) is 6.59. The number of nitrogens with zero attached hydrogens (tertiary/aromatic N) is 3. The lowest BCUT2D eigenvalue weighted by molar-refractivity contribution is 0.0521. The molecule has 1 fully saturated rings. The van der Waals surface area contributed by atoms with Crippen LogP contribution in [0, 0.1) is 5.82 Å². The van der Waals surface area contributed by atoms with Crippen LogP contribution in [0.3, 0.4) is 0 Å². The summed E-state index contributed by atoms with van der Waals surface area (Å²) < 4.78 is 48.8. The van der Waals surface area contributed by atoms with Crippen LogP contribution in [-0.4, -0.2) is 40.6 Å². The smallest absolute Gasteiger partial charge is 0.437 e. The van der Waals surface area contributed by atoms with Gasteiger partial charge in [-0.2, -0.15) is 5.10 Å². The minimum atomic E-state index is -3.62. The number of rotatable bonds is 6. The second-order valence-corrected chi connectivity index (χ2v) is 12.7. The number of anilines is 1. The number of benzene rings is 2. The molecule has 8 nitrogen and oxygen atoms in total. The van der Waals surface area contributed by atoms with Crippen molar-refractivity contribution in [2.75, 3.05) is 10.5 Å². The zero-order valence-electron chi connectivity index (χ0n) is 21.5. The van der Waals surface area contributed by atoms with E-state index in [1.54, 1.807) is 46.0 Å². The lowest BCUT2D eigenvalue weighted by Gasteiger charge is -2.19. The summed E-state index contributed by atoms with van der Waals surface area (Å²) in [6.07, 6.45) is 3.36. The van der Waals surface area contributed by atoms with Gasteiger partial charge in [0.2, 0.25) is 10.0 Å². The number of sulfonamides is 1. The molecule has 200 valence electrons. The predicted molar refractivity (Wildman–Crippen MR) is 147 cm³/mol. The summed E-state index contributed by atoms with van der Waals surface area (Å²) in [5, 5.41) is 6.83. The molecule has 1 N–H and O–H groups in total. The van der Waals surface area contributed by atoms with Crippen molar-refractivity contribution in [1.29, 1.82) is 0 Å². The van der Waals surface area contributed by atoms with Crippen molar-refractivity contribution in [3.8, 4) is 11.1 Å². The molecular formula is C27H28ClFN4O4S. The van der Waals surface area contributed by atoms with Crippen LogP contribution < -0.4 is 4.72 Å². The van der Waals surface area contributed by atoms with Crippen LogP contribution >= 0.6 is 11.6 Å². The summed E-state index contributed by atoms with van der Waals surface area (Å²) in [7, 11) is -3.62. The van der Waals surface area contributed by atoms with Gasteiger partial charge in [-0.15, -0.1) is 4.68 Å². The highest BCUT2D eigenvalue weighted by atomic mass is 35.5. The molecule has 0 saturated heterocycles. The summed E-state index contributed by atoms with van der Waals surface area (Å²) in [4.78, 5) is 17.4. The number of nitrogens with one attached hydrogen (secondary N) is 1. The molecule has 0 radical (unpaired) electrons. The highest BCUT2D eigenvalue weighted by Crippen LogP contribution is 2.45. The lowest BCUT2D eigenvalue weighted by Crippen LogP contribution is -2.28. The molecule has 11 heteroatoms. The van der Waals surface area contributed by atoms with E-state index in [1.807, 2.05) is 6.07 Å². The van der Waals surface area contributed by atoms with Crippen molar-refractivity contribution in [2.24, 2.45) is 0 Å². The molecule has 2 heterocycles. The summed E-state index contributed by atoms with van der Waals surface area (Å²) in [5.41, 5.74) is 1.15. The van der Waals surface area contributed by atoms with Gasteiger partial charge < -0.3 is 4.74 Å². The van der Waals surface area contributed by atoms with Crippen molar-refractivity contribution in [3.63, 3.8) is 0 Å². The number of fused-ring (bicyclic) bond motifs is 3. The maximum Gasteiger partial charge on any atom is 0.437 e. The summed E-state index contributed by atoms with van der Waals surface area (Å²) >= 11 is 6.52. The van der Waals surface area contributed by atoms with Gasteiger partial charge in [0.05, 0.1) is 27.5 Å². The largest absolute Gasteiger partial charge is 0.442 e. The highest BCUT2D eigenvalue weighted by Gasteiger charge is 2.33. The van der Waals surface area contributed by atoms with Gasteiger partial charge in [0.15, 0.2) is 5.65 Å². The Morgan fingerprint density at radius 2 is 1.97 bits per heavy atom. The van der Waals surface area contributed by atoms with Gasteiger partial charge in [0, 0.05) is 23.1 Å². The molecule has 0 unspecified atom stereocenters. The van der Waals surface area contributed by atoms with Crippen LogP contribution in [0.5, 0.6) is 0 Å². The fourth-order valence-electron chi connectivity index (χ4n) is 4.44. The Labute approximate surface area is 225 Å². The fourth-order valence-corrected chi connectivity index (χ4v) is 5.96. The maximum absolute atomic E-state index is 15.0. The minimum absolute atomic E-state index is 0.0329. The number of pyridine rings is 1. The number of carbonyl (C=O) groups excluding carboxylic acids is 1. The topological polar surface area (TPSA) is 103 Å². The zero-order valence-corrected chi connectivity index (χ0v) is 23.1. The summed E-state index contributed by atoms with van der Waals surface area (Å²) in [6.45, 7) is 7.12. The summed E-state index contributed by atoms with van der Waals surface area (Å²) in [6, 6.07) is 7.79. The van der Waals surface area contributed by atoms with Crippen LogP contribution in [0.2, 0.25) is 5.02 Å². The first-order chi connectivity index (χ1) is 17.9. The second kappa shape index (κ2) is 9.50. The van der Waals surface area contributed by atoms with E-state index in [1.165, 1.54) is 16.8 Å². The molecule has 2 aromatic carbocycles. The Balaban J connectivity index is 1.63. The first-order valence-corrected chi connectivity index (χ1v) is 14.4. The first-order valence-electron chi connectivity index (χ1n) is 12.4. The first kappa shape index (κ1) is 26.4. The third kappa shape index (κ3) is 5.07. The minimum Gasteiger partial charge on any atom is -0.442 e. The molecule has 4 aromatic rings. The average Bonchev–Trinajstić information content (AvgIpc) is 3.59. The van der Waals surface area contributed by atoms with Crippen LogP contribution in [0.15, 0.2) is 36.5 Å². The van der Waals surface area contributed by atoms with Gasteiger partial charge >= 0.3 is 6.09 Å². The Morgan fingerprint density at radius 1 is 1.24 bits per heavy atom. The molecule has 2 aromatic heterocycles. The quantitative estimate of drug-likeness (QED) is 0.277. The van der Waals surface area contributed by atoms with Crippen molar-refractivity contribution in [2.45, 2.75) is 58.5 Å². The van der Waals surface area contributed by atoms with Gasteiger partial charge in [-0.25, -0.2) is 22.6 Å². The number of carbonyl (C=O) groups is 1. The second-order valence-electron chi connectivity index (χ2n) is 10.5. The van der Waals surface area contributed by atoms with E-state index < -0.39 is 27.5 Å². The van der Waals surface area contributed by atoms with E-state index in [2.05, 4.69) is 14.8 Å². The molecule has 1 aliphatic rings. The molecule has 38 heavy (non-hydrogen) atoms. The average molecular weight is 559 g/mol. The number of aromatic nitrogens is 3. The Bertz CT molecular complexity index is 1690. The molecule has 1 aliphatic carbocycles. The lowest BCUT2D eigenvalue weighted by atomic mass is 9.99. The van der Waals surface area contributed by atoms with Gasteiger partial charge in [0.1, 0.15) is 11.4 Å². The zero-order chi connectivity index (χ0) is 27.4. The standard InChI is InChI=1S/C27H28ClFN4O4S/c1-5-12-38(35,36)32-20-11-10-19(29)21(23(20)28)16-8-9-18-17(13-16)14-30-25-22(18)24(15-6-7-15)31-33(25)26(34)37-27(2,3)4/h8-11,13-15,32H,5-7,12H2,1-4H3. The van der Waals surface area contributed by atoms with Crippen molar-refractivity contribution in [1.82, 2.24) is 14.8 Å². The van der Waals surface area contributed by atoms with Crippen molar-refractivity contribution < 1.29 is 22.3 Å². The maximum atomic E-state index is 15.0. The van der Waals surface area contributed by atoms with Gasteiger partial charge in [0.25, 0.3) is 0 Å². The molecule has 5 rings (SSSR count). The number of hydrogen-bond donors (Lipinski definition) is 1. The number of ether oxygens (including phenoxy) is 1. The summed E-state index contributed by atoms with van der Waals surface area (Å²) in [5.74, 6) is -0.431. The van der Waals surface area contributed by atoms with E-state index in [9.17, 15) is 13.2 Å². The van der Waals surface area contributed by atoms with Gasteiger partial charge in [-0.05, 0) is 69.2 Å². The Hall–Kier alpha value is -3.24. The molecule has 0 amide bonds. The molecule has 0 atom stereocenters. The Morgan fingerprint density at radius 3 is 2.63 bits per heavy atom. The van der Waals surface area contributed by atoms with Gasteiger partial charge in [-0.3, -0.25) is 4.72 Å². The monoisotopic (exact) mass is 558 g/mol. The van der Waals surface area contributed by atoms with E-state index in [4.69, 9.17) is 16.3 Å². The van der Waals surface area contributed by atoms with E-state index in [0.29, 0.717) is 23.0 Å². The van der Waals surface area contributed by atoms with Crippen LogP contribution in [0.25, 0.3) is 32.9 Å². The van der Waals surface area contributed by atoms with Crippen molar-refractivity contribution >= 4 is 55.2 Å². The molecule has 0 spiro atoms. The normalized spacial score (nSPS) is 14.3. The van der Waals surface area contributed by atoms with Crippen LogP contribution in [0.4, 0.5) is 14.9 Å².